The molecule has 0 aromatic rings. The number of hydrogen-bond acceptors (Lipinski definition) is 4. The van der Waals surface area contributed by atoms with E-state index in [0.29, 0.717) is 13.2 Å². The summed E-state index contributed by atoms with van der Waals surface area (Å²) in [6.07, 6.45) is 11.4. The summed E-state index contributed by atoms with van der Waals surface area (Å²) in [7, 11) is 0. The average molecular weight is 328 g/mol. The van der Waals surface area contributed by atoms with Gasteiger partial charge in [-0.1, -0.05) is 72.1 Å². The maximum atomic E-state index is 11.8. The highest BCUT2D eigenvalue weighted by Crippen LogP contribution is 2.09. The lowest BCUT2D eigenvalue weighted by atomic mass is 10.1. The summed E-state index contributed by atoms with van der Waals surface area (Å²) in [5.74, 6) is -1.01. The van der Waals surface area contributed by atoms with Crippen molar-refractivity contribution in [3.05, 3.63) is 0 Å². The Morgan fingerprint density at radius 1 is 0.739 bits per heavy atom. The molecule has 0 heterocycles. The summed E-state index contributed by atoms with van der Waals surface area (Å²) < 4.78 is 10.4. The van der Waals surface area contributed by atoms with Crippen molar-refractivity contribution in [2.45, 2.75) is 91.4 Å². The van der Waals surface area contributed by atoms with E-state index in [1.54, 1.807) is 6.92 Å². The second-order valence-corrected chi connectivity index (χ2v) is 6.32. The highest BCUT2D eigenvalue weighted by Gasteiger charge is 2.19. The Morgan fingerprint density at radius 3 is 1.83 bits per heavy atom. The van der Waals surface area contributed by atoms with E-state index in [9.17, 15) is 9.59 Å². The minimum atomic E-state index is -0.418. The fraction of sp³-hybridized carbons (Fsp3) is 0.895. The van der Waals surface area contributed by atoms with Gasteiger partial charge in [-0.15, -0.1) is 0 Å². The van der Waals surface area contributed by atoms with E-state index >= 15 is 0 Å². The summed E-state index contributed by atoms with van der Waals surface area (Å²) in [6.45, 7) is 6.98. The number of ether oxygens (including phenoxy) is 2. The Balaban J connectivity index is 3.57. The first-order chi connectivity index (χ1) is 11.1. The Labute approximate surface area is 142 Å². The second kappa shape index (κ2) is 15.8. The number of hydrogen-bond donors (Lipinski definition) is 0. The zero-order chi connectivity index (χ0) is 17.3. The van der Waals surface area contributed by atoms with Gasteiger partial charge >= 0.3 is 11.9 Å². The van der Waals surface area contributed by atoms with Crippen LogP contribution in [0.2, 0.25) is 0 Å². The van der Waals surface area contributed by atoms with Gasteiger partial charge in [0, 0.05) is 0 Å². The van der Waals surface area contributed by atoms with Crippen LogP contribution in [0.5, 0.6) is 0 Å². The molecule has 0 aliphatic rings. The zero-order valence-corrected chi connectivity index (χ0v) is 15.4. The molecule has 0 N–H and O–H groups in total. The predicted octanol–water partition coefficient (Wildman–Crippen LogP) is 5.04. The van der Waals surface area contributed by atoms with E-state index in [1.165, 1.54) is 25.7 Å². The minimum Gasteiger partial charge on any atom is -0.466 e. The van der Waals surface area contributed by atoms with Gasteiger partial charge in [0.25, 0.3) is 0 Å². The monoisotopic (exact) mass is 328 g/mol. The molecule has 4 nitrogen and oxygen atoms in total. The maximum Gasteiger partial charge on any atom is 0.309 e. The van der Waals surface area contributed by atoms with Crippen LogP contribution in [0.3, 0.4) is 0 Å². The summed E-state index contributed by atoms with van der Waals surface area (Å²) in [6, 6.07) is 0. The van der Waals surface area contributed by atoms with Crippen LogP contribution in [-0.4, -0.2) is 25.2 Å². The summed E-state index contributed by atoms with van der Waals surface area (Å²) in [5.41, 5.74) is 0. The molecule has 4 heteroatoms. The van der Waals surface area contributed by atoms with Crippen molar-refractivity contribution in [2.75, 3.05) is 13.2 Å². The first kappa shape index (κ1) is 21.9. The van der Waals surface area contributed by atoms with Crippen LogP contribution in [0.15, 0.2) is 0 Å². The number of carbonyl (C=O) groups is 2. The van der Waals surface area contributed by atoms with Gasteiger partial charge in [0.1, 0.15) is 0 Å². The fourth-order valence-corrected chi connectivity index (χ4v) is 2.30. The van der Waals surface area contributed by atoms with Crippen LogP contribution >= 0.6 is 0 Å². The average Bonchev–Trinajstić information content (AvgIpc) is 2.53. The van der Waals surface area contributed by atoms with Gasteiger partial charge in [0.15, 0.2) is 0 Å². The highest BCUT2D eigenvalue weighted by atomic mass is 16.5. The SMILES string of the molecule is CCCCCCCCOC(=O)CC(C)C(=O)OCCCCCC. The Bertz CT molecular complexity index is 302. The zero-order valence-electron chi connectivity index (χ0n) is 15.4. The van der Waals surface area contributed by atoms with Crippen molar-refractivity contribution in [3.8, 4) is 0 Å². The van der Waals surface area contributed by atoms with E-state index < -0.39 is 5.92 Å². The highest BCUT2D eigenvalue weighted by molar-refractivity contribution is 5.79. The van der Waals surface area contributed by atoms with Crippen LogP contribution in [-0.2, 0) is 19.1 Å². The number of rotatable bonds is 15. The van der Waals surface area contributed by atoms with E-state index in [1.807, 2.05) is 0 Å². The third kappa shape index (κ3) is 14.3. The topological polar surface area (TPSA) is 52.6 Å². The van der Waals surface area contributed by atoms with Gasteiger partial charge in [-0.3, -0.25) is 9.59 Å². The van der Waals surface area contributed by atoms with E-state index in [-0.39, 0.29) is 18.4 Å². The Hall–Kier alpha value is -1.06. The second-order valence-electron chi connectivity index (χ2n) is 6.32. The van der Waals surface area contributed by atoms with Crippen molar-refractivity contribution >= 4 is 11.9 Å². The molecule has 0 aromatic carbocycles. The first-order valence-electron chi connectivity index (χ1n) is 9.44. The molecule has 0 aromatic heterocycles. The summed E-state index contributed by atoms with van der Waals surface area (Å²) in [5, 5.41) is 0. The number of unbranched alkanes of at least 4 members (excludes halogenated alkanes) is 8. The molecule has 0 saturated heterocycles. The molecule has 1 atom stereocenters. The lowest BCUT2D eigenvalue weighted by Gasteiger charge is -2.11. The van der Waals surface area contributed by atoms with Crippen molar-refractivity contribution in [1.82, 2.24) is 0 Å². The molecular formula is C19H36O4. The third-order valence-corrected chi connectivity index (χ3v) is 3.88. The molecular weight excluding hydrogens is 292 g/mol. The number of esters is 2. The molecule has 0 fully saturated rings. The molecule has 23 heavy (non-hydrogen) atoms. The fourth-order valence-electron chi connectivity index (χ4n) is 2.30. The van der Waals surface area contributed by atoms with E-state index in [4.69, 9.17) is 9.47 Å². The van der Waals surface area contributed by atoms with Gasteiger partial charge in [0.2, 0.25) is 0 Å². The van der Waals surface area contributed by atoms with Crippen LogP contribution < -0.4 is 0 Å². The molecule has 1 unspecified atom stereocenters. The lowest BCUT2D eigenvalue weighted by Crippen LogP contribution is -2.20. The molecule has 0 bridgehead atoms. The minimum absolute atomic E-state index is 0.115. The normalized spacial score (nSPS) is 12.0. The van der Waals surface area contributed by atoms with Crippen molar-refractivity contribution in [3.63, 3.8) is 0 Å². The van der Waals surface area contributed by atoms with Crippen LogP contribution in [0.4, 0.5) is 0 Å². The van der Waals surface area contributed by atoms with E-state index in [0.717, 1.165) is 38.5 Å². The van der Waals surface area contributed by atoms with Gasteiger partial charge in [-0.2, -0.15) is 0 Å². The molecule has 0 radical (unpaired) electrons. The Kier molecular flexibility index (Phi) is 15.1. The summed E-state index contributed by atoms with van der Waals surface area (Å²) >= 11 is 0. The standard InChI is InChI=1S/C19H36O4/c1-4-6-8-10-11-13-14-22-18(20)16-17(3)19(21)23-15-12-9-7-5-2/h17H,4-16H2,1-3H3. The van der Waals surface area contributed by atoms with Crippen LogP contribution in [0, 0.1) is 5.92 Å². The first-order valence-corrected chi connectivity index (χ1v) is 9.44. The van der Waals surface area contributed by atoms with Gasteiger partial charge in [-0.05, 0) is 12.8 Å². The molecule has 0 spiro atoms. The molecule has 0 saturated carbocycles. The van der Waals surface area contributed by atoms with Crippen molar-refractivity contribution in [1.29, 1.82) is 0 Å². The number of carbonyl (C=O) groups excluding carboxylic acids is 2. The predicted molar refractivity (Wildman–Crippen MR) is 93.2 cm³/mol. The molecule has 0 rings (SSSR count). The quantitative estimate of drug-likeness (QED) is 0.312. The van der Waals surface area contributed by atoms with Crippen LogP contribution in [0.25, 0.3) is 0 Å². The maximum absolute atomic E-state index is 11.8. The van der Waals surface area contributed by atoms with Gasteiger partial charge in [0.05, 0.1) is 25.6 Å². The third-order valence-electron chi connectivity index (χ3n) is 3.88. The summed E-state index contributed by atoms with van der Waals surface area (Å²) in [4.78, 5) is 23.4. The van der Waals surface area contributed by atoms with Crippen molar-refractivity contribution in [2.24, 2.45) is 5.92 Å². The van der Waals surface area contributed by atoms with Crippen LogP contribution in [0.1, 0.15) is 91.4 Å². The Morgan fingerprint density at radius 2 is 1.22 bits per heavy atom. The van der Waals surface area contributed by atoms with E-state index in [2.05, 4.69) is 13.8 Å². The van der Waals surface area contributed by atoms with Gasteiger partial charge in [-0.25, -0.2) is 0 Å². The molecule has 0 aliphatic heterocycles. The van der Waals surface area contributed by atoms with Gasteiger partial charge < -0.3 is 9.47 Å². The molecule has 0 aliphatic carbocycles. The lowest BCUT2D eigenvalue weighted by molar-refractivity contribution is -0.154. The largest absolute Gasteiger partial charge is 0.466 e. The molecule has 136 valence electrons. The molecule has 0 amide bonds. The smallest absolute Gasteiger partial charge is 0.309 e. The van der Waals surface area contributed by atoms with Crippen molar-refractivity contribution < 1.29 is 19.1 Å².